The van der Waals surface area contributed by atoms with Gasteiger partial charge in [-0.3, -0.25) is 0 Å². The first-order valence-corrected chi connectivity index (χ1v) is 7.35. The van der Waals surface area contributed by atoms with Crippen molar-refractivity contribution in [2.75, 3.05) is 26.2 Å². The van der Waals surface area contributed by atoms with Crippen LogP contribution in [0.4, 0.5) is 0 Å². The van der Waals surface area contributed by atoms with E-state index in [2.05, 4.69) is 44.8 Å². The highest BCUT2D eigenvalue weighted by molar-refractivity contribution is 4.74. The number of nitrogens with one attached hydrogen (secondary N) is 1. The lowest BCUT2D eigenvalue weighted by Crippen LogP contribution is -2.39. The Kier molecular flexibility index (Phi) is 5.94. The first-order valence-electron chi connectivity index (χ1n) is 7.35. The van der Waals surface area contributed by atoms with Crippen molar-refractivity contribution >= 4 is 0 Å². The fourth-order valence-electron chi connectivity index (χ4n) is 2.40. The van der Waals surface area contributed by atoms with Crippen molar-refractivity contribution in [2.45, 2.75) is 59.9 Å². The average Bonchev–Trinajstić information content (AvgIpc) is 2.68. The molecule has 1 aliphatic heterocycles. The third-order valence-electron chi connectivity index (χ3n) is 4.28. The van der Waals surface area contributed by atoms with Crippen LogP contribution in [0.1, 0.15) is 53.9 Å². The Bertz CT molecular complexity index is 201. The fraction of sp³-hybridized carbons (Fsp3) is 1.00. The number of likely N-dealkylation sites (tertiary alicyclic amines) is 1. The van der Waals surface area contributed by atoms with Gasteiger partial charge in [-0.2, -0.15) is 0 Å². The van der Waals surface area contributed by atoms with E-state index in [1.807, 2.05) is 0 Å². The summed E-state index contributed by atoms with van der Waals surface area (Å²) in [5.74, 6) is 0.786. The molecule has 0 aromatic carbocycles. The molecule has 17 heavy (non-hydrogen) atoms. The van der Waals surface area contributed by atoms with Crippen molar-refractivity contribution in [3.63, 3.8) is 0 Å². The van der Waals surface area contributed by atoms with Crippen LogP contribution in [0.3, 0.4) is 0 Å². The van der Waals surface area contributed by atoms with E-state index in [1.165, 1.54) is 38.9 Å². The van der Waals surface area contributed by atoms with Crippen LogP contribution >= 0.6 is 0 Å². The first kappa shape index (κ1) is 15.0. The van der Waals surface area contributed by atoms with Gasteiger partial charge in [0.2, 0.25) is 0 Å². The van der Waals surface area contributed by atoms with E-state index >= 15 is 0 Å². The molecule has 1 N–H and O–H groups in total. The molecule has 102 valence electrons. The van der Waals surface area contributed by atoms with Crippen LogP contribution < -0.4 is 5.32 Å². The predicted molar refractivity (Wildman–Crippen MR) is 76.4 cm³/mol. The molecule has 0 amide bonds. The lowest BCUT2D eigenvalue weighted by Gasteiger charge is -2.28. The summed E-state index contributed by atoms with van der Waals surface area (Å²) < 4.78 is 0. The smallest absolute Gasteiger partial charge is 0.0166 e. The molecule has 1 heterocycles. The molecule has 2 unspecified atom stereocenters. The van der Waals surface area contributed by atoms with Gasteiger partial charge in [0, 0.05) is 12.6 Å². The van der Waals surface area contributed by atoms with Crippen molar-refractivity contribution in [3.8, 4) is 0 Å². The highest BCUT2D eigenvalue weighted by atomic mass is 15.2. The summed E-state index contributed by atoms with van der Waals surface area (Å²) in [6, 6.07) is 0.639. The lowest BCUT2D eigenvalue weighted by atomic mass is 9.80. The minimum Gasteiger partial charge on any atom is -0.313 e. The second kappa shape index (κ2) is 6.75. The van der Waals surface area contributed by atoms with Gasteiger partial charge in [-0.1, -0.05) is 27.7 Å². The molecule has 2 nitrogen and oxygen atoms in total. The van der Waals surface area contributed by atoms with Gasteiger partial charge < -0.3 is 10.2 Å². The maximum Gasteiger partial charge on any atom is 0.0166 e. The second-order valence-electron chi connectivity index (χ2n) is 6.92. The van der Waals surface area contributed by atoms with Crippen LogP contribution in [-0.4, -0.2) is 37.1 Å². The molecule has 0 bridgehead atoms. The van der Waals surface area contributed by atoms with Crippen LogP contribution in [0, 0.1) is 11.3 Å². The molecule has 2 heteroatoms. The zero-order valence-corrected chi connectivity index (χ0v) is 12.6. The minimum absolute atomic E-state index is 0.444. The monoisotopic (exact) mass is 240 g/mol. The van der Waals surface area contributed by atoms with E-state index in [-0.39, 0.29) is 0 Å². The lowest BCUT2D eigenvalue weighted by molar-refractivity contribution is 0.237. The standard InChI is InChI=1S/C15H32N2/c1-13(15(3,4)5)8-9-16-14(2)12-17-10-6-7-11-17/h13-14,16H,6-12H2,1-5H3. The topological polar surface area (TPSA) is 15.3 Å². The molecular weight excluding hydrogens is 208 g/mol. The Morgan fingerprint density at radius 1 is 1.12 bits per heavy atom. The van der Waals surface area contributed by atoms with Crippen LogP contribution in [0.25, 0.3) is 0 Å². The quantitative estimate of drug-likeness (QED) is 0.767. The molecule has 0 spiro atoms. The van der Waals surface area contributed by atoms with Crippen LogP contribution in [0.2, 0.25) is 0 Å². The van der Waals surface area contributed by atoms with Crippen molar-refractivity contribution in [2.24, 2.45) is 11.3 Å². The molecule has 0 aromatic rings. The third-order valence-corrected chi connectivity index (χ3v) is 4.28. The Labute approximate surface area is 108 Å². The molecule has 2 atom stereocenters. The zero-order valence-electron chi connectivity index (χ0n) is 12.6. The third kappa shape index (κ3) is 5.87. The Balaban J connectivity index is 2.09. The van der Waals surface area contributed by atoms with E-state index in [0.717, 1.165) is 12.5 Å². The minimum atomic E-state index is 0.444. The Hall–Kier alpha value is -0.0800. The Morgan fingerprint density at radius 3 is 2.24 bits per heavy atom. The van der Waals surface area contributed by atoms with E-state index in [9.17, 15) is 0 Å². The van der Waals surface area contributed by atoms with Crippen LogP contribution in [0.15, 0.2) is 0 Å². The van der Waals surface area contributed by atoms with Crippen LogP contribution in [-0.2, 0) is 0 Å². The van der Waals surface area contributed by atoms with Gasteiger partial charge in [0.25, 0.3) is 0 Å². The highest BCUT2D eigenvalue weighted by Crippen LogP contribution is 2.27. The summed E-state index contributed by atoms with van der Waals surface area (Å²) in [5.41, 5.74) is 0.444. The van der Waals surface area contributed by atoms with E-state index < -0.39 is 0 Å². The van der Waals surface area contributed by atoms with E-state index in [4.69, 9.17) is 0 Å². The van der Waals surface area contributed by atoms with Gasteiger partial charge in [0.15, 0.2) is 0 Å². The SMILES string of the molecule is CC(CN1CCCC1)NCCC(C)C(C)(C)C. The number of hydrogen-bond acceptors (Lipinski definition) is 2. The summed E-state index contributed by atoms with van der Waals surface area (Å²) in [4.78, 5) is 2.59. The number of nitrogens with zero attached hydrogens (tertiary/aromatic N) is 1. The fourth-order valence-corrected chi connectivity index (χ4v) is 2.40. The van der Waals surface area contributed by atoms with Gasteiger partial charge in [0.05, 0.1) is 0 Å². The second-order valence-corrected chi connectivity index (χ2v) is 6.92. The molecule has 0 aromatic heterocycles. The van der Waals surface area contributed by atoms with E-state index in [1.54, 1.807) is 0 Å². The summed E-state index contributed by atoms with van der Waals surface area (Å²) in [6.45, 7) is 16.7. The summed E-state index contributed by atoms with van der Waals surface area (Å²) >= 11 is 0. The molecule has 1 aliphatic rings. The molecule has 0 saturated carbocycles. The van der Waals surface area contributed by atoms with Gasteiger partial charge in [-0.25, -0.2) is 0 Å². The zero-order chi connectivity index (χ0) is 12.9. The predicted octanol–water partition coefficient (Wildman–Crippen LogP) is 3.13. The summed E-state index contributed by atoms with van der Waals surface area (Å²) in [7, 11) is 0. The van der Waals surface area contributed by atoms with Crippen molar-refractivity contribution < 1.29 is 0 Å². The van der Waals surface area contributed by atoms with E-state index in [0.29, 0.717) is 11.5 Å². The molecule has 1 fully saturated rings. The molecule has 1 saturated heterocycles. The number of hydrogen-bond donors (Lipinski definition) is 1. The van der Waals surface area contributed by atoms with Crippen LogP contribution in [0.5, 0.6) is 0 Å². The number of rotatable bonds is 6. The Morgan fingerprint density at radius 2 is 1.71 bits per heavy atom. The molecule has 0 radical (unpaired) electrons. The van der Waals surface area contributed by atoms with Gasteiger partial charge in [-0.15, -0.1) is 0 Å². The normalized spacial score (nSPS) is 21.7. The maximum atomic E-state index is 3.67. The summed E-state index contributed by atoms with van der Waals surface area (Å²) in [6.07, 6.45) is 4.08. The van der Waals surface area contributed by atoms with Crippen molar-refractivity contribution in [3.05, 3.63) is 0 Å². The molecule has 1 rings (SSSR count). The van der Waals surface area contributed by atoms with Crippen molar-refractivity contribution in [1.82, 2.24) is 10.2 Å². The highest BCUT2D eigenvalue weighted by Gasteiger charge is 2.20. The van der Waals surface area contributed by atoms with Crippen molar-refractivity contribution in [1.29, 1.82) is 0 Å². The maximum absolute atomic E-state index is 3.67. The molecular formula is C15H32N2. The van der Waals surface area contributed by atoms with Gasteiger partial charge in [0.1, 0.15) is 0 Å². The molecule has 0 aliphatic carbocycles. The van der Waals surface area contributed by atoms with Gasteiger partial charge >= 0.3 is 0 Å². The van der Waals surface area contributed by atoms with Gasteiger partial charge in [-0.05, 0) is 57.2 Å². The largest absolute Gasteiger partial charge is 0.313 e. The summed E-state index contributed by atoms with van der Waals surface area (Å²) in [5, 5.41) is 3.67. The average molecular weight is 240 g/mol. The first-order chi connectivity index (χ1) is 7.89.